The summed E-state index contributed by atoms with van der Waals surface area (Å²) in [6.45, 7) is 0. The maximum atomic E-state index is 13.4. The number of anilines is 1. The second kappa shape index (κ2) is 5.72. The lowest BCUT2D eigenvalue weighted by atomic mass is 10.2. The van der Waals surface area contributed by atoms with Crippen molar-refractivity contribution >= 4 is 15.7 Å². The van der Waals surface area contributed by atoms with Crippen molar-refractivity contribution in [3.8, 4) is 6.07 Å². The second-order valence-electron chi connectivity index (χ2n) is 4.12. The third-order valence-electron chi connectivity index (χ3n) is 2.59. The highest BCUT2D eigenvalue weighted by atomic mass is 32.2. The predicted molar refractivity (Wildman–Crippen MR) is 73.8 cm³/mol. The van der Waals surface area contributed by atoms with Crippen LogP contribution in [0.3, 0.4) is 0 Å². The summed E-state index contributed by atoms with van der Waals surface area (Å²) in [5, 5.41) is 8.86. The van der Waals surface area contributed by atoms with Crippen molar-refractivity contribution in [2.75, 3.05) is 4.72 Å². The summed E-state index contributed by atoms with van der Waals surface area (Å²) in [6.07, 6.45) is 0. The van der Waals surface area contributed by atoms with E-state index in [9.17, 15) is 12.8 Å². The van der Waals surface area contributed by atoms with E-state index in [2.05, 4.69) is 4.72 Å². The van der Waals surface area contributed by atoms with Crippen LogP contribution in [0, 0.1) is 17.1 Å². The Balaban J connectivity index is 2.26. The number of nitriles is 1. The van der Waals surface area contributed by atoms with Crippen molar-refractivity contribution in [2.45, 2.75) is 5.75 Å². The molecule has 0 radical (unpaired) electrons. The van der Waals surface area contributed by atoms with E-state index in [-0.39, 0.29) is 17.0 Å². The van der Waals surface area contributed by atoms with Crippen molar-refractivity contribution in [1.29, 1.82) is 5.26 Å². The first-order valence-electron chi connectivity index (χ1n) is 5.75. The normalized spacial score (nSPS) is 10.8. The molecule has 0 aliphatic heterocycles. The number of nitrogens with one attached hydrogen (secondary N) is 1. The largest absolute Gasteiger partial charge is 0.282 e. The van der Waals surface area contributed by atoms with Gasteiger partial charge >= 0.3 is 0 Å². The molecule has 0 atom stereocenters. The monoisotopic (exact) mass is 290 g/mol. The van der Waals surface area contributed by atoms with Crippen molar-refractivity contribution in [1.82, 2.24) is 0 Å². The molecule has 0 bridgehead atoms. The minimum absolute atomic E-state index is 0.0524. The lowest BCUT2D eigenvalue weighted by Gasteiger charge is -2.09. The Morgan fingerprint density at radius 2 is 1.80 bits per heavy atom. The molecule has 0 amide bonds. The third-order valence-corrected chi connectivity index (χ3v) is 3.83. The molecule has 2 aromatic rings. The molecule has 0 aliphatic rings. The number of benzene rings is 2. The van der Waals surface area contributed by atoms with Crippen molar-refractivity contribution in [2.24, 2.45) is 0 Å². The van der Waals surface area contributed by atoms with Gasteiger partial charge in [-0.05, 0) is 17.7 Å². The molecule has 20 heavy (non-hydrogen) atoms. The van der Waals surface area contributed by atoms with Gasteiger partial charge in [0, 0.05) is 0 Å². The first kappa shape index (κ1) is 14.0. The Morgan fingerprint density at radius 1 is 1.10 bits per heavy atom. The average molecular weight is 290 g/mol. The molecule has 6 heteroatoms. The molecule has 2 rings (SSSR count). The SMILES string of the molecule is N#Cc1c(F)cccc1NS(=O)(=O)Cc1ccccc1. The molecule has 0 saturated carbocycles. The maximum Gasteiger partial charge on any atom is 0.236 e. The van der Waals surface area contributed by atoms with Gasteiger partial charge in [-0.15, -0.1) is 0 Å². The van der Waals surface area contributed by atoms with Gasteiger partial charge in [-0.25, -0.2) is 12.8 Å². The molecule has 2 aromatic carbocycles. The summed E-state index contributed by atoms with van der Waals surface area (Å²) in [4.78, 5) is 0. The first-order valence-corrected chi connectivity index (χ1v) is 7.40. The van der Waals surface area contributed by atoms with Gasteiger partial charge in [-0.2, -0.15) is 5.26 Å². The second-order valence-corrected chi connectivity index (χ2v) is 5.84. The molecule has 1 N–H and O–H groups in total. The Hall–Kier alpha value is -2.39. The van der Waals surface area contributed by atoms with E-state index in [1.165, 1.54) is 12.1 Å². The molecule has 0 saturated heterocycles. The van der Waals surface area contributed by atoms with Crippen LogP contribution in [0.4, 0.5) is 10.1 Å². The molecule has 0 aromatic heterocycles. The molecule has 0 unspecified atom stereocenters. The van der Waals surface area contributed by atoms with E-state index >= 15 is 0 Å². The van der Waals surface area contributed by atoms with Crippen LogP contribution in [0.15, 0.2) is 48.5 Å². The van der Waals surface area contributed by atoms with Crippen molar-refractivity contribution < 1.29 is 12.8 Å². The number of halogens is 1. The Kier molecular flexibility index (Phi) is 4.01. The number of hydrogen-bond acceptors (Lipinski definition) is 3. The van der Waals surface area contributed by atoms with Crippen LogP contribution in [-0.4, -0.2) is 8.42 Å². The average Bonchev–Trinajstić information content (AvgIpc) is 2.39. The van der Waals surface area contributed by atoms with Crippen LogP contribution in [-0.2, 0) is 15.8 Å². The fourth-order valence-corrected chi connectivity index (χ4v) is 2.93. The lowest BCUT2D eigenvalue weighted by molar-refractivity contribution is 0.600. The molecule has 0 heterocycles. The molecule has 0 fully saturated rings. The van der Waals surface area contributed by atoms with Gasteiger partial charge in [0.05, 0.1) is 11.4 Å². The zero-order valence-electron chi connectivity index (χ0n) is 10.4. The van der Waals surface area contributed by atoms with Crippen LogP contribution in [0.2, 0.25) is 0 Å². The number of sulfonamides is 1. The third kappa shape index (κ3) is 3.33. The van der Waals surface area contributed by atoms with E-state index in [0.29, 0.717) is 5.56 Å². The highest BCUT2D eigenvalue weighted by molar-refractivity contribution is 7.91. The van der Waals surface area contributed by atoms with Crippen LogP contribution in [0.25, 0.3) is 0 Å². The quantitative estimate of drug-likeness (QED) is 0.941. The van der Waals surface area contributed by atoms with E-state index in [0.717, 1.165) is 6.07 Å². The highest BCUT2D eigenvalue weighted by Crippen LogP contribution is 2.20. The van der Waals surface area contributed by atoms with Gasteiger partial charge in [0.2, 0.25) is 10.0 Å². The predicted octanol–water partition coefficient (Wildman–Crippen LogP) is 2.64. The van der Waals surface area contributed by atoms with Crippen molar-refractivity contribution in [3.63, 3.8) is 0 Å². The Labute approximate surface area is 116 Å². The topological polar surface area (TPSA) is 70.0 Å². The number of nitrogens with zero attached hydrogens (tertiary/aromatic N) is 1. The fraction of sp³-hybridized carbons (Fsp3) is 0.0714. The van der Waals surface area contributed by atoms with Gasteiger partial charge in [0.1, 0.15) is 17.4 Å². The smallest absolute Gasteiger partial charge is 0.236 e. The molecular formula is C14H11FN2O2S. The van der Waals surface area contributed by atoms with E-state index in [1.807, 2.05) is 0 Å². The molecular weight excluding hydrogens is 279 g/mol. The zero-order valence-corrected chi connectivity index (χ0v) is 11.2. The first-order chi connectivity index (χ1) is 9.52. The molecule has 102 valence electrons. The Morgan fingerprint density at radius 3 is 2.45 bits per heavy atom. The van der Waals surface area contributed by atoms with Crippen molar-refractivity contribution in [3.05, 3.63) is 65.5 Å². The molecule has 0 aliphatic carbocycles. The maximum absolute atomic E-state index is 13.4. The van der Waals surface area contributed by atoms with Gasteiger partial charge in [-0.1, -0.05) is 36.4 Å². The summed E-state index contributed by atoms with van der Waals surface area (Å²) < 4.78 is 39.6. The van der Waals surface area contributed by atoms with Gasteiger partial charge in [0.15, 0.2) is 0 Å². The van der Waals surface area contributed by atoms with E-state index < -0.39 is 15.8 Å². The summed E-state index contributed by atoms with van der Waals surface area (Å²) in [5.74, 6) is -0.998. The fourth-order valence-electron chi connectivity index (χ4n) is 1.72. The van der Waals surface area contributed by atoms with E-state index in [1.54, 1.807) is 36.4 Å². The summed E-state index contributed by atoms with van der Waals surface area (Å²) in [6, 6.07) is 14.0. The highest BCUT2D eigenvalue weighted by Gasteiger charge is 2.15. The summed E-state index contributed by atoms with van der Waals surface area (Å²) in [5.41, 5.74) is 0.238. The molecule has 4 nitrogen and oxygen atoms in total. The minimum Gasteiger partial charge on any atom is -0.282 e. The van der Waals surface area contributed by atoms with Gasteiger partial charge in [-0.3, -0.25) is 4.72 Å². The van der Waals surface area contributed by atoms with Gasteiger partial charge in [0.25, 0.3) is 0 Å². The van der Waals surface area contributed by atoms with Crippen LogP contribution >= 0.6 is 0 Å². The lowest BCUT2D eigenvalue weighted by Crippen LogP contribution is -2.16. The number of rotatable bonds is 4. The van der Waals surface area contributed by atoms with E-state index in [4.69, 9.17) is 5.26 Å². The Bertz CT molecular complexity index is 752. The summed E-state index contributed by atoms with van der Waals surface area (Å²) in [7, 11) is -3.70. The number of hydrogen-bond donors (Lipinski definition) is 1. The van der Waals surface area contributed by atoms with Gasteiger partial charge < -0.3 is 0 Å². The van der Waals surface area contributed by atoms with Crippen LogP contribution in [0.5, 0.6) is 0 Å². The minimum atomic E-state index is -3.70. The molecule has 0 spiro atoms. The van der Waals surface area contributed by atoms with Crippen LogP contribution in [0.1, 0.15) is 11.1 Å². The zero-order chi connectivity index (χ0) is 14.6. The summed E-state index contributed by atoms with van der Waals surface area (Å²) >= 11 is 0. The standard InChI is InChI=1S/C14H11FN2O2S/c15-13-7-4-8-14(12(13)9-16)17-20(18,19)10-11-5-2-1-3-6-11/h1-8,17H,10H2. The van der Waals surface area contributed by atoms with Crippen LogP contribution < -0.4 is 4.72 Å².